The minimum Gasteiger partial charge on any atom is -0.381 e. The summed E-state index contributed by atoms with van der Waals surface area (Å²) in [5.74, 6) is 0.165. The van der Waals surface area contributed by atoms with Crippen molar-refractivity contribution in [2.75, 3.05) is 43.1 Å². The quantitative estimate of drug-likeness (QED) is 0.778. The van der Waals surface area contributed by atoms with Crippen LogP contribution < -0.4 is 10.2 Å². The van der Waals surface area contributed by atoms with Crippen LogP contribution in [0.3, 0.4) is 0 Å². The van der Waals surface area contributed by atoms with Crippen molar-refractivity contribution in [3.63, 3.8) is 0 Å². The molecule has 1 N–H and O–H groups in total. The van der Waals surface area contributed by atoms with Gasteiger partial charge in [0, 0.05) is 67.1 Å². The number of benzene rings is 1. The molecule has 0 bridgehead atoms. The zero-order valence-electron chi connectivity index (χ0n) is 17.4. The molecule has 1 amide bonds. The van der Waals surface area contributed by atoms with Gasteiger partial charge in [-0.2, -0.15) is 0 Å². The first kappa shape index (κ1) is 19.7. The number of amides is 1. The third-order valence-corrected chi connectivity index (χ3v) is 5.83. The maximum Gasteiger partial charge on any atom is 0.254 e. The molecule has 0 unspecified atom stereocenters. The lowest BCUT2D eigenvalue weighted by Gasteiger charge is -2.31. The van der Waals surface area contributed by atoms with Crippen molar-refractivity contribution in [2.45, 2.75) is 39.8 Å². The average molecular weight is 395 g/mol. The molecule has 4 rings (SSSR count). The minimum absolute atomic E-state index is 0.165. The molecule has 29 heavy (non-hydrogen) atoms. The lowest BCUT2D eigenvalue weighted by atomic mass is 10.1. The predicted octanol–water partition coefficient (Wildman–Crippen LogP) is 3.59. The molecule has 1 aromatic carbocycles. The number of nitrogens with one attached hydrogen (secondary N) is 1. The molecule has 1 fully saturated rings. The van der Waals surface area contributed by atoms with Crippen LogP contribution in [0.2, 0.25) is 0 Å². The number of morpholine rings is 1. The topological polar surface area (TPSA) is 57.7 Å². The van der Waals surface area contributed by atoms with E-state index < -0.39 is 0 Å². The fraction of sp³-hybridized carbons (Fsp3) is 0.478. The van der Waals surface area contributed by atoms with Gasteiger partial charge in [0.25, 0.3) is 5.91 Å². The van der Waals surface area contributed by atoms with Gasteiger partial charge in [-0.15, -0.1) is 0 Å². The van der Waals surface area contributed by atoms with Crippen LogP contribution in [0.4, 0.5) is 11.4 Å². The van der Waals surface area contributed by atoms with E-state index in [4.69, 9.17) is 4.74 Å². The molecule has 6 nitrogen and oxygen atoms in total. The molecular weight excluding hydrogens is 364 g/mol. The highest BCUT2D eigenvalue weighted by atomic mass is 16.5. The van der Waals surface area contributed by atoms with Crippen molar-refractivity contribution in [1.29, 1.82) is 0 Å². The summed E-state index contributed by atoms with van der Waals surface area (Å²) >= 11 is 0. The highest BCUT2D eigenvalue weighted by Crippen LogP contribution is 2.28. The number of nitrogens with zero attached hydrogens (tertiary/aromatic N) is 3. The number of carbonyl (C=O) groups excluding carboxylic acids is 1. The van der Waals surface area contributed by atoms with E-state index in [0.29, 0.717) is 13.1 Å². The Bertz CT molecular complexity index is 877. The van der Waals surface area contributed by atoms with Gasteiger partial charge < -0.3 is 19.9 Å². The summed E-state index contributed by atoms with van der Waals surface area (Å²) < 4.78 is 5.50. The Morgan fingerprint density at radius 3 is 2.83 bits per heavy atom. The normalized spacial score (nSPS) is 16.3. The number of anilines is 2. The molecule has 0 saturated carbocycles. The van der Waals surface area contributed by atoms with E-state index >= 15 is 0 Å². The first-order valence-electron chi connectivity index (χ1n) is 10.6. The van der Waals surface area contributed by atoms with E-state index in [9.17, 15) is 4.79 Å². The molecule has 0 radical (unpaired) electrons. The van der Waals surface area contributed by atoms with Gasteiger partial charge in [-0.25, -0.2) is 0 Å². The van der Waals surface area contributed by atoms with E-state index in [2.05, 4.69) is 41.2 Å². The lowest BCUT2D eigenvalue weighted by Crippen LogP contribution is -2.37. The van der Waals surface area contributed by atoms with Gasteiger partial charge in [0.15, 0.2) is 0 Å². The molecule has 6 heteroatoms. The SMILES string of the molecule is CCCCN1Cc2cc(NCc3c(N4CCOCC4)ccnc3C)ccc2C1=O. The number of hydrogen-bond acceptors (Lipinski definition) is 5. The first-order valence-corrected chi connectivity index (χ1v) is 10.6. The molecule has 2 aromatic rings. The summed E-state index contributed by atoms with van der Waals surface area (Å²) in [6.07, 6.45) is 4.04. The Balaban J connectivity index is 1.48. The summed E-state index contributed by atoms with van der Waals surface area (Å²) in [7, 11) is 0. The highest BCUT2D eigenvalue weighted by Gasteiger charge is 2.26. The number of hydrogen-bond donors (Lipinski definition) is 1. The van der Waals surface area contributed by atoms with Crippen LogP contribution in [0, 0.1) is 6.92 Å². The van der Waals surface area contributed by atoms with Crippen LogP contribution in [-0.4, -0.2) is 48.6 Å². The van der Waals surface area contributed by atoms with Crippen LogP contribution in [0.1, 0.15) is 46.9 Å². The van der Waals surface area contributed by atoms with E-state index in [-0.39, 0.29) is 5.91 Å². The van der Waals surface area contributed by atoms with Crippen LogP contribution >= 0.6 is 0 Å². The van der Waals surface area contributed by atoms with Crippen LogP contribution in [0.25, 0.3) is 0 Å². The molecular formula is C23H30N4O2. The number of ether oxygens (including phenoxy) is 1. The van der Waals surface area contributed by atoms with Gasteiger partial charge in [0.05, 0.1) is 13.2 Å². The van der Waals surface area contributed by atoms with Gasteiger partial charge in [-0.3, -0.25) is 9.78 Å². The first-order chi connectivity index (χ1) is 14.2. The monoisotopic (exact) mass is 394 g/mol. The van der Waals surface area contributed by atoms with Crippen LogP contribution in [0.15, 0.2) is 30.5 Å². The zero-order valence-corrected chi connectivity index (χ0v) is 17.4. The fourth-order valence-corrected chi connectivity index (χ4v) is 4.11. The molecule has 1 aromatic heterocycles. The third kappa shape index (κ3) is 4.22. The fourth-order valence-electron chi connectivity index (χ4n) is 4.11. The molecule has 1 saturated heterocycles. The zero-order chi connectivity index (χ0) is 20.2. The largest absolute Gasteiger partial charge is 0.381 e. The second-order valence-electron chi connectivity index (χ2n) is 7.80. The van der Waals surface area contributed by atoms with Gasteiger partial charge in [-0.05, 0) is 43.2 Å². The summed E-state index contributed by atoms with van der Waals surface area (Å²) in [4.78, 5) is 21.4. The van der Waals surface area contributed by atoms with E-state index in [1.807, 2.05) is 23.2 Å². The molecule has 2 aliphatic rings. The second-order valence-corrected chi connectivity index (χ2v) is 7.80. The number of unbranched alkanes of at least 4 members (excludes halogenated alkanes) is 1. The van der Waals surface area contributed by atoms with Crippen molar-refractivity contribution < 1.29 is 9.53 Å². The van der Waals surface area contributed by atoms with Gasteiger partial charge in [-0.1, -0.05) is 13.3 Å². The number of aryl methyl sites for hydroxylation is 1. The Kier molecular flexibility index (Phi) is 6.00. The standard InChI is InChI=1S/C23H30N4O2/c1-3-4-9-27-16-18-14-19(5-6-20(18)23(27)28)25-15-21-17(2)24-8-7-22(21)26-10-12-29-13-11-26/h5-8,14,25H,3-4,9-13,15-16H2,1-2H3. The molecule has 2 aliphatic heterocycles. The van der Waals surface area contributed by atoms with Crippen molar-refractivity contribution >= 4 is 17.3 Å². The molecule has 0 atom stereocenters. The maximum absolute atomic E-state index is 12.5. The number of fused-ring (bicyclic) bond motifs is 1. The maximum atomic E-state index is 12.5. The Labute approximate surface area is 172 Å². The lowest BCUT2D eigenvalue weighted by molar-refractivity contribution is 0.0776. The van der Waals surface area contributed by atoms with Crippen molar-refractivity contribution in [2.24, 2.45) is 0 Å². The minimum atomic E-state index is 0.165. The highest BCUT2D eigenvalue weighted by molar-refractivity contribution is 5.98. The second kappa shape index (κ2) is 8.82. The van der Waals surface area contributed by atoms with Gasteiger partial charge in [0.1, 0.15) is 0 Å². The average Bonchev–Trinajstić information content (AvgIpc) is 3.06. The molecule has 0 aliphatic carbocycles. The van der Waals surface area contributed by atoms with Gasteiger partial charge >= 0.3 is 0 Å². The van der Waals surface area contributed by atoms with Crippen LogP contribution in [0.5, 0.6) is 0 Å². The van der Waals surface area contributed by atoms with E-state index in [1.165, 1.54) is 11.3 Å². The number of carbonyl (C=O) groups is 1. The molecule has 154 valence electrons. The number of rotatable bonds is 7. The molecule has 3 heterocycles. The smallest absolute Gasteiger partial charge is 0.254 e. The number of aromatic nitrogens is 1. The van der Waals surface area contributed by atoms with Crippen LogP contribution in [-0.2, 0) is 17.8 Å². The Hall–Kier alpha value is -2.60. The van der Waals surface area contributed by atoms with Gasteiger partial charge in [0.2, 0.25) is 0 Å². The summed E-state index contributed by atoms with van der Waals surface area (Å²) in [5.41, 5.74) is 6.50. The van der Waals surface area contributed by atoms with Crippen molar-refractivity contribution in [1.82, 2.24) is 9.88 Å². The summed E-state index contributed by atoms with van der Waals surface area (Å²) in [6.45, 7) is 9.83. The molecule has 0 spiro atoms. The Morgan fingerprint density at radius 1 is 1.21 bits per heavy atom. The number of pyridine rings is 1. The summed E-state index contributed by atoms with van der Waals surface area (Å²) in [5, 5.41) is 3.56. The van der Waals surface area contributed by atoms with E-state index in [1.54, 1.807) is 0 Å². The predicted molar refractivity (Wildman–Crippen MR) is 115 cm³/mol. The summed E-state index contributed by atoms with van der Waals surface area (Å²) in [6, 6.07) is 8.20. The van der Waals surface area contributed by atoms with Crippen molar-refractivity contribution in [3.05, 3.63) is 52.8 Å². The Morgan fingerprint density at radius 2 is 2.03 bits per heavy atom. The van der Waals surface area contributed by atoms with E-state index in [0.717, 1.165) is 68.2 Å². The van der Waals surface area contributed by atoms with Crippen molar-refractivity contribution in [3.8, 4) is 0 Å². The third-order valence-electron chi connectivity index (χ3n) is 5.83.